The third-order valence-electron chi connectivity index (χ3n) is 2.54. The summed E-state index contributed by atoms with van der Waals surface area (Å²) in [5.41, 5.74) is -0.153. The molecule has 3 nitrogen and oxygen atoms in total. The van der Waals surface area contributed by atoms with Gasteiger partial charge in [-0.2, -0.15) is 0 Å². The molecule has 2 rings (SSSR count). The molecule has 94 valence electrons. The van der Waals surface area contributed by atoms with Crippen LogP contribution in [-0.2, 0) is 4.74 Å². The molecule has 1 aromatic heterocycles. The smallest absolute Gasteiger partial charge is 0.356 e. The zero-order valence-electron chi connectivity index (χ0n) is 9.55. The Labute approximate surface area is 100 Å². The molecule has 0 unspecified atom stereocenters. The van der Waals surface area contributed by atoms with E-state index in [2.05, 4.69) is 9.72 Å². The van der Waals surface area contributed by atoms with Crippen LogP contribution in [0, 0.1) is 24.4 Å². The second kappa shape index (κ2) is 4.29. The van der Waals surface area contributed by atoms with Crippen LogP contribution in [0.3, 0.4) is 0 Å². The van der Waals surface area contributed by atoms with E-state index in [1.807, 2.05) is 0 Å². The Morgan fingerprint density at radius 3 is 2.50 bits per heavy atom. The van der Waals surface area contributed by atoms with Gasteiger partial charge in [0.1, 0.15) is 11.2 Å². The van der Waals surface area contributed by atoms with Crippen molar-refractivity contribution in [2.24, 2.45) is 0 Å². The molecule has 0 aliphatic carbocycles. The van der Waals surface area contributed by atoms with Crippen molar-refractivity contribution in [3.63, 3.8) is 0 Å². The first-order valence-electron chi connectivity index (χ1n) is 4.99. The first kappa shape index (κ1) is 12.3. The van der Waals surface area contributed by atoms with Crippen molar-refractivity contribution in [3.8, 4) is 0 Å². The van der Waals surface area contributed by atoms with Crippen molar-refractivity contribution in [1.29, 1.82) is 0 Å². The van der Waals surface area contributed by atoms with E-state index in [1.165, 1.54) is 13.0 Å². The SMILES string of the molecule is COC(=O)c1cc(C)c2cc(F)c(F)c(F)c2n1. The summed E-state index contributed by atoms with van der Waals surface area (Å²) in [6.07, 6.45) is 0. The molecule has 0 spiro atoms. The molecular formula is C12H8F3NO2. The monoisotopic (exact) mass is 255 g/mol. The van der Waals surface area contributed by atoms with E-state index in [0.29, 0.717) is 5.56 Å². The number of benzene rings is 1. The number of pyridine rings is 1. The molecule has 0 radical (unpaired) electrons. The van der Waals surface area contributed by atoms with Crippen molar-refractivity contribution in [3.05, 3.63) is 40.8 Å². The minimum Gasteiger partial charge on any atom is -0.464 e. The van der Waals surface area contributed by atoms with Crippen LogP contribution < -0.4 is 0 Å². The number of carbonyl (C=O) groups is 1. The molecule has 2 aromatic rings. The van der Waals surface area contributed by atoms with Crippen molar-refractivity contribution in [1.82, 2.24) is 4.98 Å². The summed E-state index contributed by atoms with van der Waals surface area (Å²) in [7, 11) is 1.14. The second-order valence-electron chi connectivity index (χ2n) is 3.70. The number of hydrogen-bond acceptors (Lipinski definition) is 3. The molecule has 0 aliphatic rings. The van der Waals surface area contributed by atoms with E-state index < -0.39 is 28.9 Å². The highest BCUT2D eigenvalue weighted by atomic mass is 19.2. The molecule has 0 amide bonds. The Kier molecular flexibility index (Phi) is 2.94. The maximum Gasteiger partial charge on any atom is 0.356 e. The highest BCUT2D eigenvalue weighted by Gasteiger charge is 2.18. The summed E-state index contributed by atoms with van der Waals surface area (Å²) in [4.78, 5) is 14.9. The van der Waals surface area contributed by atoms with Crippen LogP contribution in [0.5, 0.6) is 0 Å². The van der Waals surface area contributed by atoms with Crippen molar-refractivity contribution in [2.45, 2.75) is 6.92 Å². The van der Waals surface area contributed by atoms with Gasteiger partial charge in [0, 0.05) is 5.39 Å². The van der Waals surface area contributed by atoms with Gasteiger partial charge in [-0.3, -0.25) is 0 Å². The minimum atomic E-state index is -1.61. The van der Waals surface area contributed by atoms with Gasteiger partial charge in [0.25, 0.3) is 0 Å². The van der Waals surface area contributed by atoms with Gasteiger partial charge in [-0.1, -0.05) is 0 Å². The van der Waals surface area contributed by atoms with E-state index >= 15 is 0 Å². The van der Waals surface area contributed by atoms with Crippen LogP contribution in [0.1, 0.15) is 16.1 Å². The highest BCUT2D eigenvalue weighted by molar-refractivity contribution is 5.92. The summed E-state index contributed by atoms with van der Waals surface area (Å²) in [5.74, 6) is -5.10. The van der Waals surface area contributed by atoms with Crippen LogP contribution >= 0.6 is 0 Å². The van der Waals surface area contributed by atoms with Crippen LogP contribution in [-0.4, -0.2) is 18.1 Å². The standard InChI is InChI=1S/C12H8F3NO2/c1-5-3-8(12(17)18-2)16-11-6(5)4-7(13)9(14)10(11)15/h3-4H,1-2H3. The molecule has 0 bridgehead atoms. The van der Waals surface area contributed by atoms with Crippen molar-refractivity contribution < 1.29 is 22.7 Å². The van der Waals surface area contributed by atoms with Crippen LogP contribution in [0.2, 0.25) is 0 Å². The maximum atomic E-state index is 13.6. The van der Waals surface area contributed by atoms with E-state index in [9.17, 15) is 18.0 Å². The zero-order chi connectivity index (χ0) is 13.4. The fraction of sp³-hybridized carbons (Fsp3) is 0.167. The van der Waals surface area contributed by atoms with Crippen LogP contribution in [0.25, 0.3) is 10.9 Å². The minimum absolute atomic E-state index is 0.110. The highest BCUT2D eigenvalue weighted by Crippen LogP contribution is 2.24. The Bertz CT molecular complexity index is 656. The largest absolute Gasteiger partial charge is 0.464 e. The Morgan fingerprint density at radius 2 is 1.89 bits per heavy atom. The lowest BCUT2D eigenvalue weighted by Crippen LogP contribution is -2.06. The van der Waals surface area contributed by atoms with Gasteiger partial charge in [0.2, 0.25) is 0 Å². The molecular weight excluding hydrogens is 247 g/mol. The summed E-state index contributed by atoms with van der Waals surface area (Å²) in [6.45, 7) is 1.53. The maximum absolute atomic E-state index is 13.6. The molecule has 0 atom stereocenters. The number of carbonyl (C=O) groups excluding carboxylic acids is 1. The molecule has 0 aliphatic heterocycles. The number of ether oxygens (including phenoxy) is 1. The summed E-state index contributed by atoms with van der Waals surface area (Å²) >= 11 is 0. The zero-order valence-corrected chi connectivity index (χ0v) is 9.55. The lowest BCUT2D eigenvalue weighted by atomic mass is 10.1. The lowest BCUT2D eigenvalue weighted by molar-refractivity contribution is 0.0594. The van der Waals surface area contributed by atoms with Gasteiger partial charge in [-0.15, -0.1) is 0 Å². The Hall–Kier alpha value is -2.11. The number of rotatable bonds is 1. The molecule has 0 saturated carbocycles. The first-order valence-corrected chi connectivity index (χ1v) is 4.99. The second-order valence-corrected chi connectivity index (χ2v) is 3.70. The van der Waals surface area contributed by atoms with Gasteiger partial charge in [-0.25, -0.2) is 22.9 Å². The number of methoxy groups -OCH3 is 1. The number of hydrogen-bond donors (Lipinski definition) is 0. The number of halogens is 3. The molecule has 1 heterocycles. The van der Waals surface area contributed by atoms with Crippen molar-refractivity contribution >= 4 is 16.9 Å². The van der Waals surface area contributed by atoms with Gasteiger partial charge < -0.3 is 4.74 Å². The number of nitrogens with zero attached hydrogens (tertiary/aromatic N) is 1. The van der Waals surface area contributed by atoms with E-state index in [0.717, 1.165) is 13.2 Å². The quantitative estimate of drug-likeness (QED) is 0.581. The van der Waals surface area contributed by atoms with Gasteiger partial charge in [0.05, 0.1) is 7.11 Å². The van der Waals surface area contributed by atoms with Gasteiger partial charge in [0.15, 0.2) is 17.5 Å². The molecule has 0 N–H and O–H groups in total. The number of esters is 1. The summed E-state index contributed by atoms with van der Waals surface area (Å²) in [5, 5.41) is 0.110. The predicted molar refractivity (Wildman–Crippen MR) is 57.7 cm³/mol. The van der Waals surface area contributed by atoms with Gasteiger partial charge in [-0.05, 0) is 24.6 Å². The lowest BCUT2D eigenvalue weighted by Gasteiger charge is -2.07. The fourth-order valence-corrected chi connectivity index (χ4v) is 1.64. The Morgan fingerprint density at radius 1 is 1.22 bits per heavy atom. The first-order chi connectivity index (χ1) is 8.45. The topological polar surface area (TPSA) is 39.2 Å². The number of fused-ring (bicyclic) bond motifs is 1. The van der Waals surface area contributed by atoms with Gasteiger partial charge >= 0.3 is 5.97 Å². The molecule has 0 fully saturated rings. The van der Waals surface area contributed by atoms with E-state index in [4.69, 9.17) is 0 Å². The van der Waals surface area contributed by atoms with Crippen LogP contribution in [0.4, 0.5) is 13.2 Å². The summed E-state index contributed by atoms with van der Waals surface area (Å²) < 4.78 is 44.2. The fourth-order valence-electron chi connectivity index (χ4n) is 1.64. The third-order valence-corrected chi connectivity index (χ3v) is 2.54. The summed E-state index contributed by atoms with van der Waals surface area (Å²) in [6, 6.07) is 2.17. The van der Waals surface area contributed by atoms with E-state index in [1.54, 1.807) is 0 Å². The third kappa shape index (κ3) is 1.79. The number of aromatic nitrogens is 1. The molecule has 1 aromatic carbocycles. The molecule has 6 heteroatoms. The average molecular weight is 255 g/mol. The Balaban J connectivity index is 2.83. The van der Waals surface area contributed by atoms with E-state index in [-0.39, 0.29) is 11.1 Å². The van der Waals surface area contributed by atoms with Crippen LogP contribution in [0.15, 0.2) is 12.1 Å². The number of aryl methyl sites for hydroxylation is 1. The predicted octanol–water partition coefficient (Wildman–Crippen LogP) is 2.75. The average Bonchev–Trinajstić information content (AvgIpc) is 2.36. The molecule has 18 heavy (non-hydrogen) atoms. The van der Waals surface area contributed by atoms with Crippen molar-refractivity contribution in [2.75, 3.05) is 7.11 Å². The normalized spacial score (nSPS) is 10.7. The molecule has 0 saturated heterocycles.